The third kappa shape index (κ3) is 2.30. The minimum absolute atomic E-state index is 0.173. The van der Waals surface area contributed by atoms with Crippen LogP contribution in [0.2, 0.25) is 0 Å². The van der Waals surface area contributed by atoms with Crippen LogP contribution in [0.1, 0.15) is 19.3 Å². The summed E-state index contributed by atoms with van der Waals surface area (Å²) in [4.78, 5) is 13.8. The molecule has 0 atom stereocenters. The molecule has 1 fully saturated rings. The second-order valence-corrected chi connectivity index (χ2v) is 4.97. The van der Waals surface area contributed by atoms with Gasteiger partial charge >= 0.3 is 0 Å². The van der Waals surface area contributed by atoms with Gasteiger partial charge in [0.15, 0.2) is 0 Å². The highest BCUT2D eigenvalue weighted by Gasteiger charge is 2.45. The first kappa shape index (κ1) is 13.8. The summed E-state index contributed by atoms with van der Waals surface area (Å²) in [5, 5.41) is 9.43. The first-order valence-electron chi connectivity index (χ1n) is 6.26. The fraction of sp³-hybridized carbons (Fsp3) is 0.500. The Hall–Kier alpha value is -1.62. The Bertz CT molecular complexity index is 480. The smallest absolute Gasteiger partial charge is 0.235 e. The number of hydrogen-bond acceptors (Lipinski definition) is 3. The SMILES string of the molecule is COc1ccc(F)cc1N(C)C(=O)C1(CO)CCC1. The number of nitrogens with zero attached hydrogens (tertiary/aromatic N) is 1. The van der Waals surface area contributed by atoms with Crippen LogP contribution in [0.15, 0.2) is 18.2 Å². The molecule has 1 amide bonds. The van der Waals surface area contributed by atoms with Crippen LogP contribution in [0, 0.1) is 11.2 Å². The van der Waals surface area contributed by atoms with Crippen LogP contribution in [0.4, 0.5) is 10.1 Å². The van der Waals surface area contributed by atoms with Gasteiger partial charge < -0.3 is 14.7 Å². The number of aliphatic hydroxyl groups is 1. The van der Waals surface area contributed by atoms with E-state index in [1.165, 1.54) is 30.2 Å². The second kappa shape index (κ2) is 5.17. The lowest BCUT2D eigenvalue weighted by atomic mass is 9.68. The van der Waals surface area contributed by atoms with Gasteiger partial charge in [0.2, 0.25) is 5.91 Å². The van der Waals surface area contributed by atoms with Crippen molar-refractivity contribution >= 4 is 11.6 Å². The quantitative estimate of drug-likeness (QED) is 0.907. The molecule has 1 aromatic carbocycles. The lowest BCUT2D eigenvalue weighted by Crippen LogP contribution is -2.49. The highest BCUT2D eigenvalue weighted by atomic mass is 19.1. The zero-order valence-electron chi connectivity index (χ0n) is 11.1. The largest absolute Gasteiger partial charge is 0.495 e. The number of hydrogen-bond donors (Lipinski definition) is 1. The van der Waals surface area contributed by atoms with Crippen LogP contribution >= 0.6 is 0 Å². The average molecular weight is 267 g/mol. The van der Waals surface area contributed by atoms with Crippen LogP contribution in [0.5, 0.6) is 5.75 Å². The number of aliphatic hydroxyl groups excluding tert-OH is 1. The van der Waals surface area contributed by atoms with E-state index >= 15 is 0 Å². The van der Waals surface area contributed by atoms with Gasteiger partial charge in [-0.2, -0.15) is 0 Å². The molecule has 0 spiro atoms. The van der Waals surface area contributed by atoms with Crippen molar-refractivity contribution < 1.29 is 19.0 Å². The molecule has 104 valence electrons. The zero-order chi connectivity index (χ0) is 14.0. The Morgan fingerprint density at radius 1 is 1.53 bits per heavy atom. The van der Waals surface area contributed by atoms with Crippen molar-refractivity contribution in [2.24, 2.45) is 5.41 Å². The van der Waals surface area contributed by atoms with Crippen molar-refractivity contribution in [3.63, 3.8) is 0 Å². The molecule has 0 heterocycles. The van der Waals surface area contributed by atoms with E-state index in [1.54, 1.807) is 7.05 Å². The normalized spacial score (nSPS) is 16.6. The van der Waals surface area contributed by atoms with E-state index in [4.69, 9.17) is 4.74 Å². The highest BCUT2D eigenvalue weighted by molar-refractivity contribution is 5.99. The molecule has 5 heteroatoms. The molecule has 2 rings (SSSR count). The van der Waals surface area contributed by atoms with Crippen molar-refractivity contribution in [2.75, 3.05) is 25.7 Å². The second-order valence-electron chi connectivity index (χ2n) is 4.97. The predicted molar refractivity (Wildman–Crippen MR) is 69.7 cm³/mol. The van der Waals surface area contributed by atoms with Crippen molar-refractivity contribution in [3.8, 4) is 5.75 Å². The maximum absolute atomic E-state index is 13.3. The van der Waals surface area contributed by atoms with E-state index < -0.39 is 11.2 Å². The maximum Gasteiger partial charge on any atom is 0.235 e. The maximum atomic E-state index is 13.3. The summed E-state index contributed by atoms with van der Waals surface area (Å²) < 4.78 is 18.5. The minimum atomic E-state index is -0.702. The lowest BCUT2D eigenvalue weighted by molar-refractivity contribution is -0.136. The number of anilines is 1. The van der Waals surface area contributed by atoms with Gasteiger partial charge in [-0.15, -0.1) is 0 Å². The number of ether oxygens (including phenoxy) is 1. The number of methoxy groups -OCH3 is 1. The van der Waals surface area contributed by atoms with Crippen LogP contribution in [0.25, 0.3) is 0 Å². The summed E-state index contributed by atoms with van der Waals surface area (Å²) in [5.41, 5.74) is -0.321. The zero-order valence-corrected chi connectivity index (χ0v) is 11.1. The molecule has 1 aliphatic carbocycles. The lowest BCUT2D eigenvalue weighted by Gasteiger charge is -2.41. The van der Waals surface area contributed by atoms with Gasteiger partial charge in [-0.1, -0.05) is 6.42 Å². The number of carbonyl (C=O) groups excluding carboxylic acids is 1. The molecule has 0 radical (unpaired) electrons. The number of amides is 1. The van der Waals surface area contributed by atoms with E-state index in [9.17, 15) is 14.3 Å². The molecule has 0 unspecified atom stereocenters. The Morgan fingerprint density at radius 3 is 2.68 bits per heavy atom. The van der Waals surface area contributed by atoms with Gasteiger partial charge in [0.1, 0.15) is 11.6 Å². The summed E-state index contributed by atoms with van der Waals surface area (Å²) in [7, 11) is 3.05. The van der Waals surface area contributed by atoms with Crippen LogP contribution < -0.4 is 9.64 Å². The number of benzene rings is 1. The molecule has 1 aromatic rings. The van der Waals surface area contributed by atoms with E-state index in [-0.39, 0.29) is 12.5 Å². The molecular weight excluding hydrogens is 249 g/mol. The van der Waals surface area contributed by atoms with E-state index in [2.05, 4.69) is 0 Å². The Balaban J connectivity index is 2.31. The fourth-order valence-electron chi connectivity index (χ4n) is 2.43. The molecule has 0 aliphatic heterocycles. The molecule has 0 bridgehead atoms. The third-order valence-corrected chi connectivity index (χ3v) is 3.87. The molecule has 4 nitrogen and oxygen atoms in total. The number of halogens is 1. The van der Waals surface area contributed by atoms with Crippen molar-refractivity contribution in [1.29, 1.82) is 0 Å². The summed E-state index contributed by atoms with van der Waals surface area (Å²) in [6, 6.07) is 4.03. The van der Waals surface area contributed by atoms with Gasteiger partial charge in [0.25, 0.3) is 0 Å². The van der Waals surface area contributed by atoms with Gasteiger partial charge in [0.05, 0.1) is 24.8 Å². The Kier molecular flexibility index (Phi) is 3.75. The van der Waals surface area contributed by atoms with Gasteiger partial charge in [-0.3, -0.25) is 4.79 Å². The van der Waals surface area contributed by atoms with E-state index in [1.807, 2.05) is 0 Å². The Morgan fingerprint density at radius 2 is 2.21 bits per heavy atom. The molecule has 1 N–H and O–H groups in total. The van der Waals surface area contributed by atoms with Gasteiger partial charge in [-0.05, 0) is 25.0 Å². The summed E-state index contributed by atoms with van der Waals surface area (Å²) in [6.07, 6.45) is 2.27. The highest BCUT2D eigenvalue weighted by Crippen LogP contribution is 2.43. The average Bonchev–Trinajstić information content (AvgIpc) is 2.37. The first-order chi connectivity index (χ1) is 9.04. The minimum Gasteiger partial charge on any atom is -0.495 e. The predicted octanol–water partition coefficient (Wildman–Crippen LogP) is 1.96. The van der Waals surface area contributed by atoms with Crippen molar-refractivity contribution in [1.82, 2.24) is 0 Å². The van der Waals surface area contributed by atoms with Crippen molar-refractivity contribution in [2.45, 2.75) is 19.3 Å². The van der Waals surface area contributed by atoms with Gasteiger partial charge in [-0.25, -0.2) is 4.39 Å². The summed E-state index contributed by atoms with van der Waals surface area (Å²) in [6.45, 7) is -0.173. The van der Waals surface area contributed by atoms with Crippen LogP contribution in [-0.2, 0) is 4.79 Å². The van der Waals surface area contributed by atoms with Crippen LogP contribution in [0.3, 0.4) is 0 Å². The summed E-state index contributed by atoms with van der Waals surface area (Å²) >= 11 is 0. The summed E-state index contributed by atoms with van der Waals surface area (Å²) in [5.74, 6) is -0.183. The first-order valence-corrected chi connectivity index (χ1v) is 6.26. The monoisotopic (exact) mass is 267 g/mol. The van der Waals surface area contributed by atoms with Crippen molar-refractivity contribution in [3.05, 3.63) is 24.0 Å². The molecule has 1 saturated carbocycles. The van der Waals surface area contributed by atoms with Gasteiger partial charge in [0, 0.05) is 13.1 Å². The number of carbonyl (C=O) groups is 1. The third-order valence-electron chi connectivity index (χ3n) is 3.87. The molecular formula is C14H18FNO3. The standard InChI is InChI=1S/C14H18FNO3/c1-16(13(18)14(9-17)6-3-7-14)11-8-10(15)4-5-12(11)19-2/h4-5,8,17H,3,6-7,9H2,1-2H3. The van der Waals surface area contributed by atoms with E-state index in [0.29, 0.717) is 24.3 Å². The molecule has 1 aliphatic rings. The van der Waals surface area contributed by atoms with Crippen LogP contribution in [-0.4, -0.2) is 31.8 Å². The molecule has 0 aromatic heterocycles. The topological polar surface area (TPSA) is 49.8 Å². The number of rotatable bonds is 4. The van der Waals surface area contributed by atoms with E-state index in [0.717, 1.165) is 6.42 Å². The molecule has 19 heavy (non-hydrogen) atoms. The Labute approximate surface area is 111 Å². The fourth-order valence-corrected chi connectivity index (χ4v) is 2.43. The molecule has 0 saturated heterocycles.